The van der Waals surface area contributed by atoms with Crippen LogP contribution < -0.4 is 5.32 Å². The van der Waals surface area contributed by atoms with Crippen molar-refractivity contribution in [2.45, 2.75) is 71.4 Å². The maximum absolute atomic E-state index is 9.33. The van der Waals surface area contributed by atoms with Crippen molar-refractivity contribution in [3.05, 3.63) is 0 Å². The van der Waals surface area contributed by atoms with E-state index in [9.17, 15) is 5.26 Å². The highest BCUT2D eigenvalue weighted by Crippen LogP contribution is 2.15. The number of nitrogens with zero attached hydrogens (tertiary/aromatic N) is 2. The van der Waals surface area contributed by atoms with Gasteiger partial charge in [-0.3, -0.25) is 5.32 Å². The zero-order chi connectivity index (χ0) is 14.0. The Hall–Kier alpha value is -0.590. The maximum Gasteiger partial charge on any atom is 0.105 e. The highest BCUT2D eigenvalue weighted by atomic mass is 15.1. The van der Waals surface area contributed by atoms with Crippen LogP contribution >= 0.6 is 0 Å². The first kappa shape index (κ1) is 17.4. The summed E-state index contributed by atoms with van der Waals surface area (Å²) in [5.41, 5.74) is -0.394. The molecule has 0 radical (unpaired) electrons. The van der Waals surface area contributed by atoms with Crippen LogP contribution in [0.3, 0.4) is 0 Å². The van der Waals surface area contributed by atoms with Crippen LogP contribution in [0, 0.1) is 11.3 Å². The van der Waals surface area contributed by atoms with Gasteiger partial charge in [-0.25, -0.2) is 0 Å². The molecule has 0 aromatic carbocycles. The van der Waals surface area contributed by atoms with E-state index < -0.39 is 5.54 Å². The van der Waals surface area contributed by atoms with E-state index in [1.54, 1.807) is 0 Å². The topological polar surface area (TPSA) is 39.1 Å². The Bertz CT molecular complexity index is 247. The number of rotatable bonds is 10. The Balaban J connectivity index is 4.16. The number of nitriles is 1. The van der Waals surface area contributed by atoms with Crippen LogP contribution in [0.4, 0.5) is 0 Å². The van der Waals surface area contributed by atoms with Gasteiger partial charge in [0, 0.05) is 6.04 Å². The summed E-state index contributed by atoms with van der Waals surface area (Å²) in [6, 6.07) is 2.87. The third-order valence-corrected chi connectivity index (χ3v) is 3.58. The van der Waals surface area contributed by atoms with Crippen molar-refractivity contribution < 1.29 is 0 Å². The van der Waals surface area contributed by atoms with Gasteiger partial charge in [0.2, 0.25) is 0 Å². The molecule has 0 saturated carbocycles. The van der Waals surface area contributed by atoms with Gasteiger partial charge in [0.05, 0.1) is 6.07 Å². The van der Waals surface area contributed by atoms with Crippen molar-refractivity contribution in [3.63, 3.8) is 0 Å². The fraction of sp³-hybridized carbons (Fsp3) is 0.933. The maximum atomic E-state index is 9.33. The third-order valence-electron chi connectivity index (χ3n) is 3.58. The van der Waals surface area contributed by atoms with Crippen LogP contribution in [0.5, 0.6) is 0 Å². The molecule has 0 aliphatic carbocycles. The molecule has 2 unspecified atom stereocenters. The summed E-state index contributed by atoms with van der Waals surface area (Å²) < 4.78 is 0. The first-order chi connectivity index (χ1) is 8.49. The van der Waals surface area contributed by atoms with E-state index in [1.165, 1.54) is 19.3 Å². The quantitative estimate of drug-likeness (QED) is 0.608. The summed E-state index contributed by atoms with van der Waals surface area (Å²) in [5, 5.41) is 12.7. The summed E-state index contributed by atoms with van der Waals surface area (Å²) in [5.74, 6) is 0. The molecule has 3 heteroatoms. The Labute approximate surface area is 114 Å². The monoisotopic (exact) mass is 253 g/mol. The van der Waals surface area contributed by atoms with E-state index in [2.05, 4.69) is 44.1 Å². The number of unbranched alkanes of at least 4 members (excludes halogenated alkanes) is 2. The van der Waals surface area contributed by atoms with Crippen molar-refractivity contribution in [1.82, 2.24) is 10.2 Å². The number of hydrogen-bond acceptors (Lipinski definition) is 3. The van der Waals surface area contributed by atoms with Gasteiger partial charge < -0.3 is 4.90 Å². The van der Waals surface area contributed by atoms with Gasteiger partial charge >= 0.3 is 0 Å². The minimum Gasteiger partial charge on any atom is -0.304 e. The van der Waals surface area contributed by atoms with E-state index in [0.29, 0.717) is 6.04 Å². The van der Waals surface area contributed by atoms with Crippen LogP contribution in [-0.4, -0.2) is 36.6 Å². The van der Waals surface area contributed by atoms with Crippen molar-refractivity contribution >= 4 is 0 Å². The van der Waals surface area contributed by atoms with E-state index in [-0.39, 0.29) is 0 Å². The molecule has 0 aromatic heterocycles. The lowest BCUT2D eigenvalue weighted by Gasteiger charge is -2.32. The van der Waals surface area contributed by atoms with Gasteiger partial charge in [-0.15, -0.1) is 0 Å². The first-order valence-electron chi connectivity index (χ1n) is 7.35. The normalized spacial score (nSPS) is 16.3. The smallest absolute Gasteiger partial charge is 0.105 e. The largest absolute Gasteiger partial charge is 0.304 e. The van der Waals surface area contributed by atoms with Crippen molar-refractivity contribution in [2.75, 3.05) is 20.1 Å². The summed E-state index contributed by atoms with van der Waals surface area (Å²) in [6.45, 7) is 10.6. The van der Waals surface area contributed by atoms with E-state index >= 15 is 0 Å². The molecule has 18 heavy (non-hydrogen) atoms. The van der Waals surface area contributed by atoms with Crippen LogP contribution in [0.1, 0.15) is 59.8 Å². The molecule has 106 valence electrons. The average molecular weight is 253 g/mol. The zero-order valence-corrected chi connectivity index (χ0v) is 12.9. The van der Waals surface area contributed by atoms with Gasteiger partial charge in [0.25, 0.3) is 0 Å². The standard InChI is InChI=1S/C15H31N3/c1-6-8-9-11-18(5)14(3)12-15(4,13-16)17-10-7-2/h14,17H,6-12H2,1-5H3. The molecule has 0 saturated heterocycles. The van der Waals surface area contributed by atoms with Gasteiger partial charge in [0.15, 0.2) is 0 Å². The molecule has 0 aromatic rings. The van der Waals surface area contributed by atoms with Crippen molar-refractivity contribution in [1.29, 1.82) is 5.26 Å². The van der Waals surface area contributed by atoms with Crippen LogP contribution in [0.2, 0.25) is 0 Å². The van der Waals surface area contributed by atoms with E-state index in [1.807, 2.05) is 6.92 Å². The Morgan fingerprint density at radius 1 is 1.28 bits per heavy atom. The summed E-state index contributed by atoms with van der Waals surface area (Å²) in [6.07, 6.45) is 5.75. The number of nitrogens with one attached hydrogen (secondary N) is 1. The van der Waals surface area contributed by atoms with Crippen LogP contribution in [0.25, 0.3) is 0 Å². The minimum atomic E-state index is -0.394. The SMILES string of the molecule is CCCCCN(C)C(C)CC(C)(C#N)NCCC. The highest BCUT2D eigenvalue weighted by molar-refractivity contribution is 5.05. The second-order valence-corrected chi connectivity index (χ2v) is 5.61. The Morgan fingerprint density at radius 2 is 1.94 bits per heavy atom. The minimum absolute atomic E-state index is 0.394. The molecule has 0 fully saturated rings. The predicted octanol–water partition coefficient (Wildman–Crippen LogP) is 3.17. The fourth-order valence-corrected chi connectivity index (χ4v) is 2.14. The fourth-order valence-electron chi connectivity index (χ4n) is 2.14. The summed E-state index contributed by atoms with van der Waals surface area (Å²) >= 11 is 0. The molecular weight excluding hydrogens is 222 g/mol. The molecule has 3 nitrogen and oxygen atoms in total. The second kappa shape index (κ2) is 9.35. The molecule has 0 aliphatic heterocycles. The lowest BCUT2D eigenvalue weighted by molar-refractivity contribution is 0.210. The lowest BCUT2D eigenvalue weighted by Crippen LogP contribution is -2.46. The van der Waals surface area contributed by atoms with E-state index in [4.69, 9.17) is 0 Å². The zero-order valence-electron chi connectivity index (χ0n) is 12.9. The van der Waals surface area contributed by atoms with Crippen molar-refractivity contribution in [3.8, 4) is 6.07 Å². The first-order valence-corrected chi connectivity index (χ1v) is 7.35. The van der Waals surface area contributed by atoms with E-state index in [0.717, 1.165) is 25.9 Å². The molecular formula is C15H31N3. The molecule has 0 heterocycles. The predicted molar refractivity (Wildman–Crippen MR) is 78.5 cm³/mol. The van der Waals surface area contributed by atoms with Gasteiger partial charge in [-0.2, -0.15) is 5.26 Å². The summed E-state index contributed by atoms with van der Waals surface area (Å²) in [7, 11) is 2.16. The molecule has 0 spiro atoms. The lowest BCUT2D eigenvalue weighted by atomic mass is 9.94. The molecule has 0 amide bonds. The molecule has 0 rings (SSSR count). The van der Waals surface area contributed by atoms with Crippen LogP contribution in [-0.2, 0) is 0 Å². The average Bonchev–Trinajstić information content (AvgIpc) is 2.36. The summed E-state index contributed by atoms with van der Waals surface area (Å²) in [4.78, 5) is 2.37. The van der Waals surface area contributed by atoms with Crippen LogP contribution in [0.15, 0.2) is 0 Å². The third kappa shape index (κ3) is 6.98. The molecule has 0 aliphatic rings. The van der Waals surface area contributed by atoms with Gasteiger partial charge in [0.1, 0.15) is 5.54 Å². The molecule has 2 atom stereocenters. The Kier molecular flexibility index (Phi) is 9.05. The number of hydrogen-bond donors (Lipinski definition) is 1. The van der Waals surface area contributed by atoms with Crippen molar-refractivity contribution in [2.24, 2.45) is 0 Å². The van der Waals surface area contributed by atoms with Gasteiger partial charge in [-0.1, -0.05) is 26.7 Å². The highest BCUT2D eigenvalue weighted by Gasteiger charge is 2.26. The second-order valence-electron chi connectivity index (χ2n) is 5.61. The molecule has 0 bridgehead atoms. The Morgan fingerprint density at radius 3 is 2.44 bits per heavy atom. The molecule has 1 N–H and O–H groups in total. The van der Waals surface area contributed by atoms with Gasteiger partial charge in [-0.05, 0) is 53.2 Å².